The third-order valence-corrected chi connectivity index (χ3v) is 4.82. The van der Waals surface area contributed by atoms with E-state index in [1.165, 1.54) is 0 Å². The molecule has 1 fully saturated rings. The lowest BCUT2D eigenvalue weighted by Gasteiger charge is -2.21. The van der Waals surface area contributed by atoms with E-state index in [1.807, 2.05) is 13.0 Å². The van der Waals surface area contributed by atoms with Crippen LogP contribution in [-0.2, 0) is 4.79 Å². The lowest BCUT2D eigenvalue weighted by Crippen LogP contribution is -2.21. The molecule has 134 valence electrons. The molecule has 1 aliphatic carbocycles. The van der Waals surface area contributed by atoms with Crippen molar-refractivity contribution in [1.82, 2.24) is 0 Å². The summed E-state index contributed by atoms with van der Waals surface area (Å²) >= 11 is 0. The molecule has 0 bridgehead atoms. The van der Waals surface area contributed by atoms with Gasteiger partial charge < -0.3 is 20.4 Å². The van der Waals surface area contributed by atoms with Gasteiger partial charge in [0.25, 0.3) is 0 Å². The number of rotatable bonds is 11. The zero-order chi connectivity index (χ0) is 17.2. The van der Waals surface area contributed by atoms with Crippen LogP contribution in [0.3, 0.4) is 0 Å². The number of unbranched alkanes of at least 4 members (excludes halogenated alkanes) is 4. The maximum Gasteiger partial charge on any atom is 0.303 e. The summed E-state index contributed by atoms with van der Waals surface area (Å²) in [5.41, 5.74) is 0. The van der Waals surface area contributed by atoms with Crippen molar-refractivity contribution in [2.45, 2.75) is 83.0 Å². The molecule has 0 aromatic heterocycles. The first-order chi connectivity index (χ1) is 11.0. The Bertz CT molecular complexity index is 368. The highest BCUT2D eigenvalue weighted by molar-refractivity contribution is 5.66. The molecule has 0 unspecified atom stereocenters. The van der Waals surface area contributed by atoms with Crippen LogP contribution in [0.1, 0.15) is 64.7 Å². The third-order valence-electron chi connectivity index (χ3n) is 4.82. The van der Waals surface area contributed by atoms with E-state index in [1.54, 1.807) is 6.08 Å². The normalized spacial score (nSPS) is 29.2. The van der Waals surface area contributed by atoms with Crippen molar-refractivity contribution in [2.75, 3.05) is 0 Å². The van der Waals surface area contributed by atoms with Crippen molar-refractivity contribution in [3.05, 3.63) is 12.2 Å². The van der Waals surface area contributed by atoms with Gasteiger partial charge in [-0.2, -0.15) is 0 Å². The first-order valence-electron chi connectivity index (χ1n) is 8.90. The molecule has 4 N–H and O–H groups in total. The van der Waals surface area contributed by atoms with Gasteiger partial charge in [-0.25, -0.2) is 0 Å². The minimum absolute atomic E-state index is 0.0457. The van der Waals surface area contributed by atoms with Gasteiger partial charge in [0.1, 0.15) is 0 Å². The second-order valence-corrected chi connectivity index (χ2v) is 6.67. The van der Waals surface area contributed by atoms with Gasteiger partial charge in [-0.05, 0) is 25.2 Å². The van der Waals surface area contributed by atoms with Crippen molar-refractivity contribution < 1.29 is 25.2 Å². The highest BCUT2D eigenvalue weighted by atomic mass is 16.4. The Morgan fingerprint density at radius 2 is 1.78 bits per heavy atom. The van der Waals surface area contributed by atoms with Gasteiger partial charge >= 0.3 is 5.97 Å². The van der Waals surface area contributed by atoms with E-state index in [4.69, 9.17) is 5.11 Å². The summed E-state index contributed by atoms with van der Waals surface area (Å²) < 4.78 is 0. The van der Waals surface area contributed by atoms with E-state index >= 15 is 0 Å². The van der Waals surface area contributed by atoms with Crippen LogP contribution < -0.4 is 0 Å². The molecular weight excluding hydrogens is 296 g/mol. The van der Waals surface area contributed by atoms with Gasteiger partial charge in [0.05, 0.1) is 18.3 Å². The number of aliphatic hydroxyl groups excluding tert-OH is 3. The number of hydrogen-bond acceptors (Lipinski definition) is 4. The Morgan fingerprint density at radius 1 is 1.13 bits per heavy atom. The van der Waals surface area contributed by atoms with E-state index in [0.29, 0.717) is 12.8 Å². The largest absolute Gasteiger partial charge is 0.481 e. The number of aliphatic hydroxyl groups is 3. The van der Waals surface area contributed by atoms with Crippen LogP contribution in [-0.4, -0.2) is 44.7 Å². The molecule has 0 radical (unpaired) electrons. The summed E-state index contributed by atoms with van der Waals surface area (Å²) in [5.74, 6) is -0.778. The number of carboxylic acid groups (broad SMARTS) is 1. The molecule has 1 saturated carbocycles. The van der Waals surface area contributed by atoms with Crippen LogP contribution in [0.4, 0.5) is 0 Å². The topological polar surface area (TPSA) is 98.0 Å². The third kappa shape index (κ3) is 7.46. The second kappa shape index (κ2) is 10.8. The predicted molar refractivity (Wildman–Crippen MR) is 89.0 cm³/mol. The van der Waals surface area contributed by atoms with Crippen LogP contribution in [0.5, 0.6) is 0 Å². The zero-order valence-corrected chi connectivity index (χ0v) is 14.1. The first kappa shape index (κ1) is 20.1. The standard InChI is InChI=1S/C18H32O5/c1-2-13(19)10-11-15-14(16(20)12-17(15)21)8-6-4-3-5-7-9-18(22)23/h10-11,13-17,19-21H,2-9,12H2,1H3,(H,22,23)/b11-10+/t13-,14-,15+,16-,17+/m0/s1. The molecular formula is C18H32O5. The molecule has 0 heterocycles. The van der Waals surface area contributed by atoms with Crippen molar-refractivity contribution in [3.8, 4) is 0 Å². The first-order valence-corrected chi connectivity index (χ1v) is 8.90. The summed E-state index contributed by atoms with van der Waals surface area (Å²) in [4.78, 5) is 10.4. The predicted octanol–water partition coefficient (Wildman–Crippen LogP) is 2.49. The summed E-state index contributed by atoms with van der Waals surface area (Å²) in [6.07, 6.45) is 8.87. The molecule has 5 heteroatoms. The van der Waals surface area contributed by atoms with Crippen molar-refractivity contribution in [3.63, 3.8) is 0 Å². The van der Waals surface area contributed by atoms with Crippen LogP contribution >= 0.6 is 0 Å². The Balaban J connectivity index is 2.31. The number of hydrogen-bond donors (Lipinski definition) is 4. The molecule has 0 aromatic rings. The highest BCUT2D eigenvalue weighted by Gasteiger charge is 2.39. The van der Waals surface area contributed by atoms with Gasteiger partial charge in [0.15, 0.2) is 0 Å². The van der Waals surface area contributed by atoms with Crippen LogP contribution in [0.15, 0.2) is 12.2 Å². The summed E-state index contributed by atoms with van der Waals surface area (Å²) in [6, 6.07) is 0. The molecule has 5 atom stereocenters. The molecule has 1 aliphatic rings. The summed E-state index contributed by atoms with van der Waals surface area (Å²) in [5, 5.41) is 38.4. The Morgan fingerprint density at radius 3 is 2.43 bits per heavy atom. The molecule has 1 rings (SSSR count). The van der Waals surface area contributed by atoms with Gasteiger partial charge in [-0.3, -0.25) is 4.79 Å². The second-order valence-electron chi connectivity index (χ2n) is 6.67. The monoisotopic (exact) mass is 328 g/mol. The maximum atomic E-state index is 10.4. The SMILES string of the molecule is CC[C@H](O)/C=C/[C@@H]1[C@H](CCCCCCCC(=O)O)[C@@H](O)C[C@H]1O. The molecule has 0 aliphatic heterocycles. The average molecular weight is 328 g/mol. The van der Waals surface area contributed by atoms with Gasteiger partial charge in [0.2, 0.25) is 0 Å². The highest BCUT2D eigenvalue weighted by Crippen LogP contribution is 2.37. The van der Waals surface area contributed by atoms with Crippen LogP contribution in [0.25, 0.3) is 0 Å². The van der Waals surface area contributed by atoms with E-state index in [2.05, 4.69) is 0 Å². The lowest BCUT2D eigenvalue weighted by atomic mass is 9.88. The Kier molecular flexibility index (Phi) is 9.44. The van der Waals surface area contributed by atoms with Gasteiger partial charge in [-0.15, -0.1) is 0 Å². The minimum atomic E-state index is -0.739. The fourth-order valence-corrected chi connectivity index (χ4v) is 3.36. The average Bonchev–Trinajstić information content (AvgIpc) is 2.77. The number of carbonyl (C=O) groups is 1. The number of aliphatic carboxylic acids is 1. The van der Waals surface area contributed by atoms with E-state index < -0.39 is 24.3 Å². The van der Waals surface area contributed by atoms with Gasteiger partial charge in [0, 0.05) is 18.8 Å². The fourth-order valence-electron chi connectivity index (χ4n) is 3.36. The molecule has 5 nitrogen and oxygen atoms in total. The Labute approximate surface area is 139 Å². The summed E-state index contributed by atoms with van der Waals surface area (Å²) in [7, 11) is 0. The van der Waals surface area contributed by atoms with Crippen molar-refractivity contribution in [1.29, 1.82) is 0 Å². The van der Waals surface area contributed by atoms with Crippen LogP contribution in [0.2, 0.25) is 0 Å². The smallest absolute Gasteiger partial charge is 0.303 e. The lowest BCUT2D eigenvalue weighted by molar-refractivity contribution is -0.137. The zero-order valence-electron chi connectivity index (χ0n) is 14.1. The number of carboxylic acids is 1. The summed E-state index contributed by atoms with van der Waals surface area (Å²) in [6.45, 7) is 1.90. The van der Waals surface area contributed by atoms with Crippen molar-refractivity contribution >= 4 is 5.97 Å². The molecule has 0 aromatic carbocycles. The van der Waals surface area contributed by atoms with E-state index in [9.17, 15) is 20.1 Å². The fraction of sp³-hybridized carbons (Fsp3) is 0.833. The van der Waals surface area contributed by atoms with E-state index in [0.717, 1.165) is 38.5 Å². The molecule has 0 spiro atoms. The Hall–Kier alpha value is -0.910. The van der Waals surface area contributed by atoms with E-state index in [-0.39, 0.29) is 18.3 Å². The molecule has 0 saturated heterocycles. The molecule has 0 amide bonds. The minimum Gasteiger partial charge on any atom is -0.481 e. The van der Waals surface area contributed by atoms with Crippen molar-refractivity contribution in [2.24, 2.45) is 11.8 Å². The van der Waals surface area contributed by atoms with Crippen LogP contribution in [0, 0.1) is 11.8 Å². The quantitative estimate of drug-likeness (QED) is 0.345. The maximum absolute atomic E-state index is 10.4. The van der Waals surface area contributed by atoms with Gasteiger partial charge in [-0.1, -0.05) is 44.8 Å². The molecule has 23 heavy (non-hydrogen) atoms.